The molecule has 0 bridgehead atoms. The molecular formula is C23H27NO7S. The lowest BCUT2D eigenvalue weighted by Gasteiger charge is -2.33. The number of fused-ring (bicyclic) bond motifs is 3. The molecule has 0 saturated heterocycles. The molecule has 0 radical (unpaired) electrons. The number of carbonyl (C=O) groups excluding carboxylic acids is 1. The van der Waals surface area contributed by atoms with Gasteiger partial charge >= 0.3 is 5.63 Å². The van der Waals surface area contributed by atoms with Crippen LogP contribution in [0.4, 0.5) is 0 Å². The third-order valence-electron chi connectivity index (χ3n) is 6.04. The van der Waals surface area contributed by atoms with Crippen LogP contribution in [0.3, 0.4) is 0 Å². The zero-order valence-corrected chi connectivity index (χ0v) is 19.4. The second-order valence-electron chi connectivity index (χ2n) is 8.95. The average molecular weight is 462 g/mol. The van der Waals surface area contributed by atoms with Crippen molar-refractivity contribution in [2.75, 3.05) is 12.9 Å². The fourth-order valence-electron chi connectivity index (χ4n) is 4.32. The molecule has 3 heterocycles. The van der Waals surface area contributed by atoms with Gasteiger partial charge in [0, 0.05) is 29.0 Å². The van der Waals surface area contributed by atoms with E-state index in [0.29, 0.717) is 40.0 Å². The number of sulfone groups is 1. The number of carbonyl (C=O) groups is 1. The van der Waals surface area contributed by atoms with Crippen LogP contribution in [0.15, 0.2) is 26.8 Å². The number of methoxy groups -OCH3 is 1. The van der Waals surface area contributed by atoms with E-state index in [1.165, 1.54) is 6.08 Å². The lowest BCUT2D eigenvalue weighted by atomic mass is 9.91. The number of nitrogens with one attached hydrogen (secondary N) is 1. The summed E-state index contributed by atoms with van der Waals surface area (Å²) in [7, 11) is -1.70. The van der Waals surface area contributed by atoms with Gasteiger partial charge in [0.1, 0.15) is 22.7 Å². The Balaban J connectivity index is 1.63. The maximum atomic E-state index is 12.8. The van der Waals surface area contributed by atoms with Gasteiger partial charge in [-0.15, -0.1) is 0 Å². The smallest absolute Gasteiger partial charge is 0.339 e. The molecule has 2 aliphatic heterocycles. The number of benzene rings is 1. The molecule has 0 unspecified atom stereocenters. The van der Waals surface area contributed by atoms with Crippen LogP contribution in [0.1, 0.15) is 43.4 Å². The van der Waals surface area contributed by atoms with Gasteiger partial charge in [-0.1, -0.05) is 0 Å². The van der Waals surface area contributed by atoms with E-state index in [9.17, 15) is 18.0 Å². The minimum Gasteiger partial charge on any atom is -0.496 e. The summed E-state index contributed by atoms with van der Waals surface area (Å²) in [5.74, 6) is 0.727. The van der Waals surface area contributed by atoms with E-state index in [4.69, 9.17) is 13.9 Å². The molecule has 8 nitrogen and oxygen atoms in total. The monoisotopic (exact) mass is 461 g/mol. The van der Waals surface area contributed by atoms with Crippen molar-refractivity contribution in [3.63, 3.8) is 0 Å². The van der Waals surface area contributed by atoms with Crippen molar-refractivity contribution in [1.29, 1.82) is 0 Å². The van der Waals surface area contributed by atoms with Crippen molar-refractivity contribution >= 4 is 26.7 Å². The minimum absolute atomic E-state index is 0.0338. The summed E-state index contributed by atoms with van der Waals surface area (Å²) in [6.45, 7) is 5.85. The van der Waals surface area contributed by atoms with Crippen molar-refractivity contribution < 1.29 is 27.1 Å². The lowest BCUT2D eigenvalue weighted by molar-refractivity contribution is -0.121. The summed E-state index contributed by atoms with van der Waals surface area (Å²) in [5, 5.41) is 4.49. The second kappa shape index (κ2) is 7.95. The molecular weight excluding hydrogens is 434 g/mol. The quantitative estimate of drug-likeness (QED) is 0.681. The highest BCUT2D eigenvalue weighted by molar-refractivity contribution is 7.94. The zero-order chi connectivity index (χ0) is 23.3. The molecule has 0 spiro atoms. The number of ether oxygens (including phenoxy) is 2. The van der Waals surface area contributed by atoms with Crippen molar-refractivity contribution in [1.82, 2.24) is 5.32 Å². The van der Waals surface area contributed by atoms with Gasteiger partial charge in [-0.3, -0.25) is 4.79 Å². The van der Waals surface area contributed by atoms with Gasteiger partial charge in [-0.2, -0.15) is 0 Å². The van der Waals surface area contributed by atoms with Gasteiger partial charge in [0.25, 0.3) is 0 Å². The zero-order valence-electron chi connectivity index (χ0n) is 18.6. The first-order valence-electron chi connectivity index (χ1n) is 10.5. The van der Waals surface area contributed by atoms with E-state index in [0.717, 1.165) is 17.4 Å². The molecule has 2 aliphatic rings. The van der Waals surface area contributed by atoms with Crippen molar-refractivity contribution in [2.45, 2.75) is 58.1 Å². The topological polar surface area (TPSA) is 112 Å². The minimum atomic E-state index is -3.25. The Morgan fingerprint density at radius 2 is 2.09 bits per heavy atom. The maximum absolute atomic E-state index is 12.8. The largest absolute Gasteiger partial charge is 0.496 e. The Morgan fingerprint density at radius 3 is 2.75 bits per heavy atom. The number of aryl methyl sites for hydroxylation is 2. The molecule has 9 heteroatoms. The Bertz CT molecular complexity index is 1290. The Morgan fingerprint density at radius 1 is 1.34 bits per heavy atom. The van der Waals surface area contributed by atoms with Crippen LogP contribution in [-0.4, -0.2) is 38.8 Å². The highest BCUT2D eigenvalue weighted by atomic mass is 32.2. The predicted molar refractivity (Wildman–Crippen MR) is 120 cm³/mol. The number of amides is 1. The third-order valence-corrected chi connectivity index (χ3v) is 7.43. The van der Waals surface area contributed by atoms with E-state index in [1.54, 1.807) is 7.11 Å². The number of rotatable bonds is 5. The fourth-order valence-corrected chi connectivity index (χ4v) is 5.55. The molecule has 0 saturated carbocycles. The molecule has 0 fully saturated rings. The first-order valence-corrected chi connectivity index (χ1v) is 12.3. The highest BCUT2D eigenvalue weighted by Gasteiger charge is 2.31. The van der Waals surface area contributed by atoms with Gasteiger partial charge in [0.15, 0.2) is 9.84 Å². The average Bonchev–Trinajstić information content (AvgIpc) is 3.04. The summed E-state index contributed by atoms with van der Waals surface area (Å²) in [6.07, 6.45) is 3.16. The van der Waals surface area contributed by atoms with Crippen LogP contribution in [-0.2, 0) is 27.5 Å². The molecule has 1 aromatic heterocycles. The van der Waals surface area contributed by atoms with Crippen molar-refractivity contribution in [3.05, 3.63) is 44.7 Å². The molecule has 2 aromatic rings. The van der Waals surface area contributed by atoms with Crippen molar-refractivity contribution in [2.24, 2.45) is 0 Å². The summed E-state index contributed by atoms with van der Waals surface area (Å²) in [5.41, 5.74) is 1.61. The first kappa shape index (κ1) is 22.4. The normalized spacial score (nSPS) is 20.6. The molecule has 1 aromatic carbocycles. The predicted octanol–water partition coefficient (Wildman–Crippen LogP) is 2.57. The third kappa shape index (κ3) is 4.26. The molecule has 32 heavy (non-hydrogen) atoms. The lowest BCUT2D eigenvalue weighted by Crippen LogP contribution is -2.35. The van der Waals surface area contributed by atoms with Crippen LogP contribution < -0.4 is 20.4 Å². The van der Waals surface area contributed by atoms with Crippen LogP contribution in [0, 0.1) is 6.92 Å². The number of hydrogen-bond donors (Lipinski definition) is 1. The van der Waals surface area contributed by atoms with Crippen LogP contribution >= 0.6 is 0 Å². The van der Waals surface area contributed by atoms with Gasteiger partial charge in [0.2, 0.25) is 5.91 Å². The summed E-state index contributed by atoms with van der Waals surface area (Å²) in [4.78, 5) is 25.2. The van der Waals surface area contributed by atoms with E-state index >= 15 is 0 Å². The standard InChI is InChI=1S/C23H27NO7S/c1-13-15(5-6-19(25)24-14-8-10-32(27,28)12-14)22(26)30-21-16-7-9-23(2,3)31-17(16)11-18(29-4)20(13)21/h8,10-11,14H,5-7,9,12H2,1-4H3,(H,24,25)/t14-/m0/s1. The van der Waals surface area contributed by atoms with Gasteiger partial charge in [0.05, 0.1) is 24.3 Å². The van der Waals surface area contributed by atoms with Crippen LogP contribution in [0.2, 0.25) is 0 Å². The summed E-state index contributed by atoms with van der Waals surface area (Å²) >= 11 is 0. The number of hydrogen-bond acceptors (Lipinski definition) is 7. The highest BCUT2D eigenvalue weighted by Crippen LogP contribution is 2.43. The Kier molecular flexibility index (Phi) is 5.56. The SMILES string of the molecule is COc1cc2c(c3oc(=O)c(CCC(=O)N[C@H]4C=CS(=O)(=O)C4)c(C)c13)CCC(C)(C)O2. The molecule has 1 amide bonds. The van der Waals surface area contributed by atoms with Gasteiger partial charge < -0.3 is 19.2 Å². The second-order valence-corrected chi connectivity index (χ2v) is 10.9. The molecule has 172 valence electrons. The van der Waals surface area contributed by atoms with E-state index < -0.39 is 21.5 Å². The molecule has 1 atom stereocenters. The van der Waals surface area contributed by atoms with E-state index in [1.807, 2.05) is 26.8 Å². The Hall–Kier alpha value is -2.81. The van der Waals surface area contributed by atoms with Gasteiger partial charge in [-0.05, 0) is 51.7 Å². The van der Waals surface area contributed by atoms with Crippen molar-refractivity contribution in [3.8, 4) is 11.5 Å². The van der Waals surface area contributed by atoms with Crippen LogP contribution in [0.25, 0.3) is 11.0 Å². The first-order chi connectivity index (χ1) is 15.0. The summed E-state index contributed by atoms with van der Waals surface area (Å²) in [6, 6.07) is 1.28. The van der Waals surface area contributed by atoms with Crippen LogP contribution in [0.5, 0.6) is 11.5 Å². The van der Waals surface area contributed by atoms with E-state index in [2.05, 4.69) is 5.32 Å². The molecule has 4 rings (SSSR count). The Labute approximate surface area is 186 Å². The molecule has 1 N–H and O–H groups in total. The van der Waals surface area contributed by atoms with E-state index in [-0.39, 0.29) is 30.1 Å². The fraction of sp³-hybridized carbons (Fsp3) is 0.478. The molecule has 0 aliphatic carbocycles. The summed E-state index contributed by atoms with van der Waals surface area (Å²) < 4.78 is 40.4. The maximum Gasteiger partial charge on any atom is 0.339 e. The van der Waals surface area contributed by atoms with Gasteiger partial charge in [-0.25, -0.2) is 13.2 Å².